The summed E-state index contributed by atoms with van der Waals surface area (Å²) < 4.78 is 3.76. The second-order valence-electron chi connectivity index (χ2n) is 12.7. The molecule has 0 fully saturated rings. The molecule has 3 aromatic heterocycles. The minimum atomic E-state index is 0.638. The number of nitrogens with zero attached hydrogens (tertiary/aromatic N) is 4. The highest BCUT2D eigenvalue weighted by Gasteiger charge is 2.18. The third-order valence-electron chi connectivity index (χ3n) is 9.36. The zero-order valence-corrected chi connectivity index (χ0v) is 29.4. The van der Waals surface area contributed by atoms with Crippen molar-refractivity contribution in [2.24, 2.45) is 0 Å². The monoisotopic (exact) mass is 700 g/mol. The van der Waals surface area contributed by atoms with E-state index < -0.39 is 0 Å². The molecule has 0 aliphatic carbocycles. The lowest BCUT2D eigenvalue weighted by Gasteiger charge is -2.11. The van der Waals surface area contributed by atoms with Crippen LogP contribution in [0.15, 0.2) is 170 Å². The lowest BCUT2D eigenvalue weighted by Crippen LogP contribution is -2.00. The van der Waals surface area contributed by atoms with Crippen molar-refractivity contribution in [1.29, 1.82) is 0 Å². The van der Waals surface area contributed by atoms with E-state index in [4.69, 9.17) is 19.9 Å². The van der Waals surface area contributed by atoms with Gasteiger partial charge in [-0.2, -0.15) is 0 Å². The van der Waals surface area contributed by atoms with Crippen molar-refractivity contribution in [3.63, 3.8) is 0 Å². The molecule has 10 aromatic rings. The van der Waals surface area contributed by atoms with Crippen molar-refractivity contribution in [1.82, 2.24) is 19.9 Å². The van der Waals surface area contributed by atoms with E-state index in [0.29, 0.717) is 17.5 Å². The fourth-order valence-electron chi connectivity index (χ4n) is 6.84. The van der Waals surface area contributed by atoms with Gasteiger partial charge in [0.2, 0.25) is 0 Å². The summed E-state index contributed by atoms with van der Waals surface area (Å²) in [5, 5.41) is 3.58. The maximum absolute atomic E-state index is 5.10. The number of thiazole rings is 1. The Morgan fingerprint density at radius 1 is 0.346 bits per heavy atom. The number of hydrogen-bond donors (Lipinski definition) is 0. The second-order valence-corrected chi connectivity index (χ2v) is 14.7. The average molecular weight is 701 g/mol. The van der Waals surface area contributed by atoms with Crippen LogP contribution in [0.2, 0.25) is 0 Å². The van der Waals surface area contributed by atoms with E-state index in [1.54, 1.807) is 11.3 Å². The fourth-order valence-corrected chi connectivity index (χ4v) is 9.29. The molecule has 0 aliphatic heterocycles. The first-order valence-corrected chi connectivity index (χ1v) is 18.8. The zero-order chi connectivity index (χ0) is 34.4. The Balaban J connectivity index is 1.10. The highest BCUT2D eigenvalue weighted by Crippen LogP contribution is 2.45. The summed E-state index contributed by atoms with van der Waals surface area (Å²) in [4.78, 5) is 20.2. The van der Waals surface area contributed by atoms with Crippen molar-refractivity contribution in [3.8, 4) is 67.0 Å². The molecule has 0 N–H and O–H groups in total. The molecule has 10 rings (SSSR count). The lowest BCUT2D eigenvalue weighted by atomic mass is 10.0. The van der Waals surface area contributed by atoms with Crippen LogP contribution in [0.3, 0.4) is 0 Å². The maximum atomic E-state index is 5.10. The van der Waals surface area contributed by atoms with Gasteiger partial charge in [0.05, 0.1) is 10.2 Å². The molecular formula is C46H28N4S2. The molecule has 0 unspecified atom stereocenters. The Labute approximate surface area is 308 Å². The molecule has 0 spiro atoms. The van der Waals surface area contributed by atoms with E-state index >= 15 is 0 Å². The largest absolute Gasteiger partial charge is 0.236 e. The second kappa shape index (κ2) is 12.8. The minimum Gasteiger partial charge on any atom is -0.236 e. The summed E-state index contributed by atoms with van der Waals surface area (Å²) in [7, 11) is 0. The lowest BCUT2D eigenvalue weighted by molar-refractivity contribution is 1.07. The minimum absolute atomic E-state index is 0.638. The summed E-state index contributed by atoms with van der Waals surface area (Å²) in [6.07, 6.45) is 0. The van der Waals surface area contributed by atoms with Crippen molar-refractivity contribution >= 4 is 53.1 Å². The van der Waals surface area contributed by atoms with Gasteiger partial charge in [0, 0.05) is 42.4 Å². The summed E-state index contributed by atoms with van der Waals surface area (Å²) in [6, 6.07) is 59.0. The normalized spacial score (nSPS) is 11.5. The molecule has 3 heterocycles. The van der Waals surface area contributed by atoms with Gasteiger partial charge in [0.15, 0.2) is 17.5 Å². The van der Waals surface area contributed by atoms with Crippen LogP contribution in [-0.2, 0) is 0 Å². The summed E-state index contributed by atoms with van der Waals surface area (Å²) in [5.41, 5.74) is 9.59. The van der Waals surface area contributed by atoms with Crippen LogP contribution in [0, 0.1) is 0 Å². The molecule has 0 radical (unpaired) electrons. The van der Waals surface area contributed by atoms with Gasteiger partial charge in [-0.1, -0.05) is 146 Å². The van der Waals surface area contributed by atoms with Crippen LogP contribution in [0.4, 0.5) is 0 Å². The SMILES string of the molecule is c1ccc(-c2cccc(-c3nc(-c4ccccc4)nc(-c4cccc(-c5cccc6c5sc5ccc7nc(-c8ccccc8)sc7c56)c4)n3)c2)cc1. The Morgan fingerprint density at radius 3 is 1.58 bits per heavy atom. The smallest absolute Gasteiger partial charge is 0.164 e. The van der Waals surface area contributed by atoms with Crippen molar-refractivity contribution in [2.45, 2.75) is 0 Å². The van der Waals surface area contributed by atoms with Crippen LogP contribution in [0.5, 0.6) is 0 Å². The van der Waals surface area contributed by atoms with E-state index in [1.807, 2.05) is 53.8 Å². The standard InChI is InChI=1S/C46H28N4S2/c1-4-13-29(14-5-1)32-19-10-21-34(27-32)44-48-43(30-15-6-2-7-16-30)49-45(50-44)35-22-11-20-33(28-35)36-23-12-24-37-40-39(51-41(36)37)26-25-38-42(40)52-46(47-38)31-17-8-3-9-18-31/h1-28H. The molecule has 0 saturated heterocycles. The molecule has 0 atom stereocenters. The van der Waals surface area contributed by atoms with E-state index in [0.717, 1.165) is 49.5 Å². The molecule has 244 valence electrons. The number of hydrogen-bond acceptors (Lipinski definition) is 6. The molecule has 4 nitrogen and oxygen atoms in total. The first kappa shape index (κ1) is 30.5. The van der Waals surface area contributed by atoms with Crippen molar-refractivity contribution in [2.75, 3.05) is 0 Å². The average Bonchev–Trinajstić information content (AvgIpc) is 3.84. The van der Waals surface area contributed by atoms with Crippen LogP contribution < -0.4 is 0 Å². The molecule has 0 bridgehead atoms. The maximum Gasteiger partial charge on any atom is 0.164 e. The zero-order valence-electron chi connectivity index (χ0n) is 27.8. The number of fused-ring (bicyclic) bond motifs is 5. The summed E-state index contributed by atoms with van der Waals surface area (Å²) in [6.45, 7) is 0. The molecule has 7 aromatic carbocycles. The predicted molar refractivity (Wildman–Crippen MR) is 219 cm³/mol. The summed E-state index contributed by atoms with van der Waals surface area (Å²) in [5.74, 6) is 1.92. The van der Waals surface area contributed by atoms with Gasteiger partial charge in [-0.15, -0.1) is 22.7 Å². The van der Waals surface area contributed by atoms with E-state index in [9.17, 15) is 0 Å². The van der Waals surface area contributed by atoms with Gasteiger partial charge in [0.1, 0.15) is 5.01 Å². The van der Waals surface area contributed by atoms with Gasteiger partial charge in [-0.25, -0.2) is 19.9 Å². The van der Waals surface area contributed by atoms with E-state index in [1.165, 1.54) is 30.4 Å². The van der Waals surface area contributed by atoms with Crippen LogP contribution in [-0.4, -0.2) is 19.9 Å². The number of thiophene rings is 1. The molecule has 52 heavy (non-hydrogen) atoms. The van der Waals surface area contributed by atoms with Crippen molar-refractivity contribution in [3.05, 3.63) is 170 Å². The van der Waals surface area contributed by atoms with E-state index in [2.05, 4.69) is 127 Å². The van der Waals surface area contributed by atoms with Gasteiger partial charge in [-0.3, -0.25) is 0 Å². The van der Waals surface area contributed by atoms with Crippen molar-refractivity contribution < 1.29 is 0 Å². The Morgan fingerprint density at radius 2 is 0.885 bits per heavy atom. The Hall–Kier alpha value is -6.34. The first-order chi connectivity index (χ1) is 25.7. The Kier molecular flexibility index (Phi) is 7.48. The van der Waals surface area contributed by atoms with Crippen LogP contribution in [0.25, 0.3) is 97.4 Å². The third-order valence-corrected chi connectivity index (χ3v) is 11.7. The van der Waals surface area contributed by atoms with Gasteiger partial charge in [-0.05, 0) is 46.5 Å². The number of benzene rings is 7. The summed E-state index contributed by atoms with van der Waals surface area (Å²) >= 11 is 3.61. The van der Waals surface area contributed by atoms with Crippen LogP contribution >= 0.6 is 22.7 Å². The van der Waals surface area contributed by atoms with Gasteiger partial charge in [0.25, 0.3) is 0 Å². The molecular weight excluding hydrogens is 673 g/mol. The van der Waals surface area contributed by atoms with Crippen LogP contribution in [0.1, 0.15) is 0 Å². The molecule has 0 aliphatic rings. The topological polar surface area (TPSA) is 51.6 Å². The number of rotatable bonds is 6. The predicted octanol–water partition coefficient (Wildman–Crippen LogP) is 12.9. The van der Waals surface area contributed by atoms with E-state index in [-0.39, 0.29) is 0 Å². The fraction of sp³-hybridized carbons (Fsp3) is 0. The molecule has 6 heteroatoms. The van der Waals surface area contributed by atoms with Gasteiger partial charge < -0.3 is 0 Å². The third kappa shape index (κ3) is 5.46. The highest BCUT2D eigenvalue weighted by molar-refractivity contribution is 7.28. The highest BCUT2D eigenvalue weighted by atomic mass is 32.1. The Bertz CT molecular complexity index is 2900. The first-order valence-electron chi connectivity index (χ1n) is 17.1. The molecule has 0 amide bonds. The number of aromatic nitrogens is 4. The quantitative estimate of drug-likeness (QED) is 0.173. The van der Waals surface area contributed by atoms with Gasteiger partial charge >= 0.3 is 0 Å². The molecule has 0 saturated carbocycles.